The van der Waals surface area contributed by atoms with Gasteiger partial charge >= 0.3 is 0 Å². The highest BCUT2D eigenvalue weighted by molar-refractivity contribution is 14.2. The summed E-state index contributed by atoms with van der Waals surface area (Å²) in [7, 11) is 1.62. The third-order valence-electron chi connectivity index (χ3n) is 0.779. The van der Waals surface area contributed by atoms with E-state index in [4.69, 9.17) is 0 Å². The van der Waals surface area contributed by atoms with Gasteiger partial charge in [-0.3, -0.25) is 0 Å². The standard InChI is InChI=1S/C5H3BrINS/c6-4-1-2-5(9-7)8-3-4/h1-3H. The molecule has 0 bridgehead atoms. The summed E-state index contributed by atoms with van der Waals surface area (Å²) in [6.45, 7) is 0. The second-order valence-electron chi connectivity index (χ2n) is 1.39. The fraction of sp³-hybridized carbons (Fsp3) is 0. The molecule has 0 saturated heterocycles. The van der Waals surface area contributed by atoms with Crippen molar-refractivity contribution in [3.05, 3.63) is 22.8 Å². The molecule has 1 nitrogen and oxygen atoms in total. The number of rotatable bonds is 1. The van der Waals surface area contributed by atoms with Gasteiger partial charge in [0.2, 0.25) is 0 Å². The lowest BCUT2D eigenvalue weighted by Gasteiger charge is -1.90. The van der Waals surface area contributed by atoms with E-state index in [1.807, 2.05) is 12.1 Å². The highest BCUT2D eigenvalue weighted by Gasteiger charge is 1.89. The summed E-state index contributed by atoms with van der Waals surface area (Å²) in [5.74, 6) is 0. The van der Waals surface area contributed by atoms with Gasteiger partial charge < -0.3 is 0 Å². The summed E-state index contributed by atoms with van der Waals surface area (Å²) in [5.41, 5.74) is 0. The average molecular weight is 316 g/mol. The molecule has 0 atom stereocenters. The summed E-state index contributed by atoms with van der Waals surface area (Å²) in [5, 5.41) is 1.04. The summed E-state index contributed by atoms with van der Waals surface area (Å²) in [6, 6.07) is 3.95. The predicted octanol–water partition coefficient (Wildman–Crippen LogP) is 3.29. The number of hydrogen-bond acceptors (Lipinski definition) is 2. The Morgan fingerprint density at radius 1 is 1.56 bits per heavy atom. The van der Waals surface area contributed by atoms with E-state index < -0.39 is 0 Å². The van der Waals surface area contributed by atoms with Gasteiger partial charge in [0.05, 0.1) is 0 Å². The Balaban J connectivity index is 2.88. The van der Waals surface area contributed by atoms with Gasteiger partial charge in [0.1, 0.15) is 5.03 Å². The van der Waals surface area contributed by atoms with Gasteiger partial charge in [-0.15, -0.1) is 0 Å². The van der Waals surface area contributed by atoms with E-state index in [0.717, 1.165) is 9.50 Å². The molecule has 1 heterocycles. The lowest BCUT2D eigenvalue weighted by molar-refractivity contribution is 1.13. The van der Waals surface area contributed by atoms with Crippen LogP contribution in [0.4, 0.5) is 0 Å². The molecule has 1 aromatic heterocycles. The van der Waals surface area contributed by atoms with E-state index in [1.165, 1.54) is 0 Å². The van der Waals surface area contributed by atoms with Crippen LogP contribution in [0, 0.1) is 0 Å². The number of aromatic nitrogens is 1. The molecular weight excluding hydrogens is 313 g/mol. The maximum atomic E-state index is 4.11. The van der Waals surface area contributed by atoms with Crippen LogP contribution in [0.25, 0.3) is 0 Å². The Hall–Kier alpha value is 0.710. The summed E-state index contributed by atoms with van der Waals surface area (Å²) < 4.78 is 1.02. The van der Waals surface area contributed by atoms with Crippen molar-refractivity contribution in [2.45, 2.75) is 5.03 Å². The molecule has 0 aromatic carbocycles. The number of nitrogens with zero attached hydrogens (tertiary/aromatic N) is 1. The van der Waals surface area contributed by atoms with Gasteiger partial charge in [-0.2, -0.15) is 0 Å². The van der Waals surface area contributed by atoms with E-state index in [2.05, 4.69) is 42.1 Å². The second kappa shape index (κ2) is 3.78. The van der Waals surface area contributed by atoms with Gasteiger partial charge in [-0.1, -0.05) is 0 Å². The van der Waals surface area contributed by atoms with Crippen molar-refractivity contribution >= 4 is 46.1 Å². The van der Waals surface area contributed by atoms with Gasteiger partial charge in [0.25, 0.3) is 0 Å². The first-order chi connectivity index (χ1) is 4.33. The zero-order chi connectivity index (χ0) is 6.69. The van der Waals surface area contributed by atoms with Crippen LogP contribution in [0.2, 0.25) is 0 Å². The first-order valence-electron chi connectivity index (χ1n) is 2.23. The first-order valence-corrected chi connectivity index (χ1v) is 6.38. The van der Waals surface area contributed by atoms with Crippen LogP contribution < -0.4 is 0 Å². The zero-order valence-electron chi connectivity index (χ0n) is 4.34. The Labute approximate surface area is 78.4 Å². The predicted molar refractivity (Wildman–Crippen MR) is 51.8 cm³/mol. The average Bonchev–Trinajstić information content (AvgIpc) is 1.90. The molecule has 4 heteroatoms. The topological polar surface area (TPSA) is 12.9 Å². The van der Waals surface area contributed by atoms with E-state index in [-0.39, 0.29) is 0 Å². The van der Waals surface area contributed by atoms with Crippen molar-refractivity contribution in [1.82, 2.24) is 4.98 Å². The maximum absolute atomic E-state index is 4.11. The minimum atomic E-state index is 1.02. The molecule has 0 aliphatic carbocycles. The van der Waals surface area contributed by atoms with Crippen LogP contribution in [0.3, 0.4) is 0 Å². The number of halogens is 2. The van der Waals surface area contributed by atoms with Crippen molar-refractivity contribution in [1.29, 1.82) is 0 Å². The SMILES string of the molecule is Brc1ccc(SI)nc1. The van der Waals surface area contributed by atoms with Crippen molar-refractivity contribution in [3.63, 3.8) is 0 Å². The molecule has 1 aromatic rings. The largest absolute Gasteiger partial charge is 0.248 e. The molecule has 0 aliphatic rings. The van der Waals surface area contributed by atoms with E-state index in [0.29, 0.717) is 0 Å². The molecule has 0 amide bonds. The highest BCUT2D eigenvalue weighted by atomic mass is 127. The molecule has 0 aliphatic heterocycles. The van der Waals surface area contributed by atoms with Crippen LogP contribution >= 0.6 is 46.1 Å². The summed E-state index contributed by atoms with van der Waals surface area (Å²) in [6.07, 6.45) is 1.79. The highest BCUT2D eigenvalue weighted by Crippen LogP contribution is 2.23. The monoisotopic (exact) mass is 315 g/mol. The van der Waals surface area contributed by atoms with Crippen LogP contribution in [0.1, 0.15) is 0 Å². The third-order valence-corrected chi connectivity index (χ3v) is 3.00. The lowest BCUT2D eigenvalue weighted by Crippen LogP contribution is -1.73. The molecule has 0 spiro atoms. The molecule has 0 fully saturated rings. The minimum Gasteiger partial charge on any atom is -0.248 e. The van der Waals surface area contributed by atoms with Gasteiger partial charge in [0.15, 0.2) is 0 Å². The lowest BCUT2D eigenvalue weighted by atomic mass is 10.5. The van der Waals surface area contributed by atoms with E-state index in [9.17, 15) is 0 Å². The number of hydrogen-bond donors (Lipinski definition) is 0. The number of pyridine rings is 1. The quantitative estimate of drug-likeness (QED) is 0.738. The van der Waals surface area contributed by atoms with E-state index in [1.54, 1.807) is 15.1 Å². The zero-order valence-corrected chi connectivity index (χ0v) is 8.90. The normalized spacial score (nSPS) is 9.56. The van der Waals surface area contributed by atoms with Crippen molar-refractivity contribution in [2.75, 3.05) is 0 Å². The Morgan fingerprint density at radius 3 is 2.78 bits per heavy atom. The maximum Gasteiger partial charge on any atom is 0.106 e. The molecule has 0 saturated carbocycles. The Bertz CT molecular complexity index is 189. The summed E-state index contributed by atoms with van der Waals surface area (Å²) in [4.78, 5) is 4.11. The molecule has 9 heavy (non-hydrogen) atoms. The first kappa shape index (κ1) is 7.81. The molecule has 0 N–H and O–H groups in total. The minimum absolute atomic E-state index is 1.02. The van der Waals surface area contributed by atoms with Crippen LogP contribution in [-0.2, 0) is 0 Å². The van der Waals surface area contributed by atoms with Crippen molar-refractivity contribution in [2.24, 2.45) is 0 Å². The fourth-order valence-corrected chi connectivity index (χ4v) is 1.64. The van der Waals surface area contributed by atoms with Gasteiger partial charge in [-0.05, 0) is 37.0 Å². The van der Waals surface area contributed by atoms with Crippen molar-refractivity contribution in [3.8, 4) is 0 Å². The smallest absolute Gasteiger partial charge is 0.106 e. The third kappa shape index (κ3) is 2.43. The Kier molecular flexibility index (Phi) is 3.28. The van der Waals surface area contributed by atoms with Crippen LogP contribution in [-0.4, -0.2) is 4.98 Å². The molecule has 1 rings (SSSR count). The van der Waals surface area contributed by atoms with Crippen LogP contribution in [0.15, 0.2) is 27.8 Å². The Morgan fingerprint density at radius 2 is 2.33 bits per heavy atom. The van der Waals surface area contributed by atoms with Gasteiger partial charge in [-0.25, -0.2) is 4.98 Å². The summed E-state index contributed by atoms with van der Waals surface area (Å²) >= 11 is 5.50. The molecule has 0 unspecified atom stereocenters. The second-order valence-corrected chi connectivity index (χ2v) is 4.20. The van der Waals surface area contributed by atoms with E-state index >= 15 is 0 Å². The van der Waals surface area contributed by atoms with Crippen molar-refractivity contribution < 1.29 is 0 Å². The van der Waals surface area contributed by atoms with Gasteiger partial charge in [0, 0.05) is 31.9 Å². The molecular formula is C5H3BrINS. The fourth-order valence-electron chi connectivity index (χ4n) is 0.408. The molecule has 48 valence electrons. The molecule has 0 radical (unpaired) electrons. The van der Waals surface area contributed by atoms with Crippen LogP contribution in [0.5, 0.6) is 0 Å².